The van der Waals surface area contributed by atoms with E-state index in [4.69, 9.17) is 4.74 Å². The molecule has 0 atom stereocenters. The summed E-state index contributed by atoms with van der Waals surface area (Å²) in [5.74, 6) is 1.50. The van der Waals surface area contributed by atoms with E-state index in [1.54, 1.807) is 12.4 Å². The lowest BCUT2D eigenvalue weighted by molar-refractivity contribution is 0.302. The summed E-state index contributed by atoms with van der Waals surface area (Å²) in [6.07, 6.45) is 22.1. The molecule has 1 heterocycles. The second-order valence-corrected chi connectivity index (χ2v) is 18.0. The number of benzene rings is 2. The van der Waals surface area contributed by atoms with Crippen molar-refractivity contribution in [1.82, 2.24) is 9.97 Å². The lowest BCUT2D eigenvalue weighted by Gasteiger charge is -2.21. The Labute approximate surface area is 252 Å². The van der Waals surface area contributed by atoms with E-state index in [1.165, 1.54) is 112 Å². The van der Waals surface area contributed by atoms with Gasteiger partial charge in [0.1, 0.15) is 0 Å². The summed E-state index contributed by atoms with van der Waals surface area (Å²) in [6.45, 7) is 10.4. The Kier molecular flexibility index (Phi) is 15.2. The Morgan fingerprint density at radius 2 is 1.10 bits per heavy atom. The molecule has 3 nitrogen and oxygen atoms in total. The maximum atomic E-state index is 5.91. The van der Waals surface area contributed by atoms with Gasteiger partial charge in [0, 0.05) is 13.6 Å². The summed E-state index contributed by atoms with van der Waals surface area (Å²) in [4.78, 5) is 9.13. The number of aryl methyl sites for hydroxylation is 1. The van der Waals surface area contributed by atoms with Crippen LogP contribution in [0, 0.1) is 0 Å². The molecule has 2 aromatic carbocycles. The van der Waals surface area contributed by atoms with Crippen molar-refractivity contribution in [3.63, 3.8) is 0 Å². The Morgan fingerprint density at radius 1 is 0.561 bits per heavy atom. The van der Waals surface area contributed by atoms with Crippen molar-refractivity contribution in [2.75, 3.05) is 6.61 Å². The molecule has 3 rings (SSSR count). The predicted molar refractivity (Wildman–Crippen MR) is 181 cm³/mol. The first-order valence-corrected chi connectivity index (χ1v) is 20.1. The molecule has 0 aliphatic rings. The lowest BCUT2D eigenvalue weighted by atomic mass is 10.00. The van der Waals surface area contributed by atoms with Gasteiger partial charge in [-0.2, -0.15) is 0 Å². The van der Waals surface area contributed by atoms with Crippen LogP contribution in [0.2, 0.25) is 25.2 Å². The number of rotatable bonds is 21. The second-order valence-electron chi connectivity index (χ2n) is 12.7. The number of ether oxygens (including phenoxy) is 1. The summed E-state index contributed by atoms with van der Waals surface area (Å²) in [5, 5.41) is 0. The van der Waals surface area contributed by atoms with E-state index in [2.05, 4.69) is 85.4 Å². The molecule has 224 valence electrons. The van der Waals surface area contributed by atoms with Crippen molar-refractivity contribution in [2.24, 2.45) is 0 Å². The fraction of sp³-hybridized carbons (Fsp3) is 0.568. The molecule has 0 bridgehead atoms. The number of unbranched alkanes of at least 4 members (excludes halogenated alkanes) is 10. The van der Waals surface area contributed by atoms with Crippen molar-refractivity contribution < 1.29 is 4.74 Å². The minimum atomic E-state index is -0.906. The first kappa shape index (κ1) is 33.0. The van der Waals surface area contributed by atoms with Gasteiger partial charge in [-0.15, -0.1) is 0 Å². The van der Waals surface area contributed by atoms with E-state index >= 15 is 0 Å². The average Bonchev–Trinajstić information content (AvgIpc) is 2.99. The van der Waals surface area contributed by atoms with Gasteiger partial charge in [0.2, 0.25) is 0 Å². The molecular formula is C37H56N2OSi. The van der Waals surface area contributed by atoms with E-state index in [-0.39, 0.29) is 0 Å². The van der Waals surface area contributed by atoms with Crippen LogP contribution >= 0.6 is 0 Å². The molecule has 0 aliphatic carbocycles. The van der Waals surface area contributed by atoms with Gasteiger partial charge in [-0.05, 0) is 36.0 Å². The molecule has 0 saturated heterocycles. The summed E-state index contributed by atoms with van der Waals surface area (Å²) in [6, 6.07) is 20.6. The van der Waals surface area contributed by atoms with Crippen molar-refractivity contribution >= 4 is 8.07 Å². The van der Waals surface area contributed by atoms with Gasteiger partial charge in [0.15, 0.2) is 11.6 Å². The predicted octanol–water partition coefficient (Wildman–Crippen LogP) is 11.6. The van der Waals surface area contributed by atoms with Crippen LogP contribution in [0.25, 0.3) is 22.5 Å². The number of nitrogens with zero attached hydrogens (tertiary/aromatic N) is 2. The maximum absolute atomic E-state index is 5.91. The molecule has 0 saturated carbocycles. The standard InChI is InChI=1S/C37H56N2OSi/c1-5-7-8-9-12-15-18-32-19-21-33(22-20-32)34-23-25-35(26-24-34)37-38-30-36(31-39-37)40-27-16-13-10-11-14-17-29-41(3,4)28-6-2/h19-26,30-31H,5-18,27-29H2,1-4H3. The van der Waals surface area contributed by atoms with Crippen LogP contribution in [-0.2, 0) is 6.42 Å². The minimum Gasteiger partial charge on any atom is -0.490 e. The topological polar surface area (TPSA) is 35.0 Å². The average molecular weight is 573 g/mol. The fourth-order valence-corrected chi connectivity index (χ4v) is 8.54. The molecule has 41 heavy (non-hydrogen) atoms. The zero-order chi connectivity index (χ0) is 29.2. The van der Waals surface area contributed by atoms with Crippen LogP contribution in [-0.4, -0.2) is 24.6 Å². The van der Waals surface area contributed by atoms with E-state index in [9.17, 15) is 0 Å². The largest absolute Gasteiger partial charge is 0.490 e. The molecule has 4 heteroatoms. The Hall–Kier alpha value is -2.46. The first-order chi connectivity index (χ1) is 20.0. The highest BCUT2D eigenvalue weighted by molar-refractivity contribution is 6.77. The van der Waals surface area contributed by atoms with Crippen LogP contribution in [0.1, 0.15) is 103 Å². The quantitative estimate of drug-likeness (QED) is 0.0940. The number of hydrogen-bond donors (Lipinski definition) is 0. The van der Waals surface area contributed by atoms with E-state index in [0.29, 0.717) is 0 Å². The molecule has 1 aromatic heterocycles. The van der Waals surface area contributed by atoms with Crippen LogP contribution in [0.15, 0.2) is 60.9 Å². The molecule has 0 N–H and O–H groups in total. The van der Waals surface area contributed by atoms with E-state index < -0.39 is 8.07 Å². The third-order valence-corrected chi connectivity index (χ3v) is 11.9. The third kappa shape index (κ3) is 12.9. The highest BCUT2D eigenvalue weighted by Gasteiger charge is 2.18. The highest BCUT2D eigenvalue weighted by Crippen LogP contribution is 2.25. The maximum Gasteiger partial charge on any atom is 0.159 e. The van der Waals surface area contributed by atoms with Crippen LogP contribution in [0.4, 0.5) is 0 Å². The molecule has 0 unspecified atom stereocenters. The van der Waals surface area contributed by atoms with Crippen molar-refractivity contribution in [3.05, 3.63) is 66.5 Å². The van der Waals surface area contributed by atoms with Gasteiger partial charge in [-0.1, -0.05) is 158 Å². The molecule has 0 amide bonds. The monoisotopic (exact) mass is 572 g/mol. The highest BCUT2D eigenvalue weighted by atomic mass is 28.3. The van der Waals surface area contributed by atoms with Crippen LogP contribution in [0.3, 0.4) is 0 Å². The van der Waals surface area contributed by atoms with Crippen LogP contribution in [0.5, 0.6) is 5.75 Å². The van der Waals surface area contributed by atoms with E-state index in [1.807, 2.05) is 0 Å². The summed E-state index contributed by atoms with van der Waals surface area (Å²) < 4.78 is 5.91. The number of aromatic nitrogens is 2. The van der Waals surface area contributed by atoms with Crippen molar-refractivity contribution in [3.8, 4) is 28.3 Å². The minimum absolute atomic E-state index is 0.739. The summed E-state index contributed by atoms with van der Waals surface area (Å²) in [5.41, 5.74) is 4.95. The second kappa shape index (κ2) is 18.9. The zero-order valence-corrected chi connectivity index (χ0v) is 27.6. The molecule has 0 aliphatic heterocycles. The zero-order valence-electron chi connectivity index (χ0n) is 26.6. The van der Waals surface area contributed by atoms with Gasteiger partial charge >= 0.3 is 0 Å². The van der Waals surface area contributed by atoms with Gasteiger partial charge in [-0.3, -0.25) is 0 Å². The molecule has 0 fully saturated rings. The SMILES string of the molecule is CCCCCCCCc1ccc(-c2ccc(-c3ncc(OCCCCCCCC[Si](C)(C)CCC)cn3)cc2)cc1. The normalized spacial score (nSPS) is 11.6. The molecule has 3 aromatic rings. The Morgan fingerprint density at radius 3 is 1.73 bits per heavy atom. The van der Waals surface area contributed by atoms with Crippen LogP contribution < -0.4 is 4.74 Å². The lowest BCUT2D eigenvalue weighted by Crippen LogP contribution is -2.24. The molecule has 0 radical (unpaired) electrons. The Bertz CT molecular complexity index is 1080. The third-order valence-electron chi connectivity index (χ3n) is 8.32. The molecule has 0 spiro atoms. The van der Waals surface area contributed by atoms with Crippen molar-refractivity contribution in [1.29, 1.82) is 0 Å². The van der Waals surface area contributed by atoms with Gasteiger partial charge in [0.05, 0.1) is 19.0 Å². The van der Waals surface area contributed by atoms with Gasteiger partial charge in [-0.25, -0.2) is 9.97 Å². The smallest absolute Gasteiger partial charge is 0.159 e. The Balaban J connectivity index is 1.33. The van der Waals surface area contributed by atoms with Crippen molar-refractivity contribution in [2.45, 2.75) is 129 Å². The van der Waals surface area contributed by atoms with Gasteiger partial charge in [0.25, 0.3) is 0 Å². The first-order valence-electron chi connectivity index (χ1n) is 16.7. The summed E-state index contributed by atoms with van der Waals surface area (Å²) in [7, 11) is -0.906. The number of hydrogen-bond acceptors (Lipinski definition) is 3. The molecular weight excluding hydrogens is 517 g/mol. The van der Waals surface area contributed by atoms with Gasteiger partial charge < -0.3 is 4.74 Å². The fourth-order valence-electron chi connectivity index (χ4n) is 5.73. The summed E-state index contributed by atoms with van der Waals surface area (Å²) >= 11 is 0. The van der Waals surface area contributed by atoms with E-state index in [0.717, 1.165) is 30.2 Å².